The van der Waals surface area contributed by atoms with Crippen LogP contribution in [0.1, 0.15) is 34.6 Å². The van der Waals surface area contributed by atoms with Crippen molar-refractivity contribution >= 4 is 27.5 Å². The van der Waals surface area contributed by atoms with Crippen LogP contribution in [0.4, 0.5) is 13.2 Å². The molecule has 112 valence electrons. The van der Waals surface area contributed by atoms with Crippen molar-refractivity contribution in [1.29, 1.82) is 0 Å². The maximum Gasteiger partial charge on any atom is 0.443 e. The van der Waals surface area contributed by atoms with E-state index in [-0.39, 0.29) is 17.0 Å². The molecule has 0 spiro atoms. The van der Waals surface area contributed by atoms with Crippen LogP contribution in [0.25, 0.3) is 10.2 Å². The number of rotatable bonds is 1. The third-order valence-electron chi connectivity index (χ3n) is 3.54. The number of para-hydroxylation sites is 1. The van der Waals surface area contributed by atoms with E-state index in [1.807, 2.05) is 0 Å². The Morgan fingerprint density at radius 2 is 1.90 bits per heavy atom. The number of hydrogen-bond acceptors (Lipinski definition) is 3. The largest absolute Gasteiger partial charge is 0.443 e. The predicted octanol–water partition coefficient (Wildman–Crippen LogP) is 3.94. The van der Waals surface area contributed by atoms with Crippen molar-refractivity contribution in [3.63, 3.8) is 0 Å². The summed E-state index contributed by atoms with van der Waals surface area (Å²) in [6.45, 7) is 1.32. The molecular weight excluding hydrogens is 301 g/mol. The molecule has 1 fully saturated rings. The molecule has 0 radical (unpaired) electrons. The van der Waals surface area contributed by atoms with E-state index in [1.54, 1.807) is 23.1 Å². The Morgan fingerprint density at radius 1 is 1.19 bits per heavy atom. The molecule has 0 unspecified atom stereocenters. The number of alkyl halides is 3. The molecule has 0 bridgehead atoms. The Hall–Kier alpha value is -1.63. The smallest absolute Gasteiger partial charge is 0.339 e. The molecule has 3 nitrogen and oxygen atoms in total. The summed E-state index contributed by atoms with van der Waals surface area (Å²) in [7, 11) is 0. The van der Waals surface area contributed by atoms with Crippen molar-refractivity contribution in [3.8, 4) is 0 Å². The van der Waals surface area contributed by atoms with E-state index in [9.17, 15) is 18.0 Å². The van der Waals surface area contributed by atoms with Crippen molar-refractivity contribution < 1.29 is 18.0 Å². The first kappa shape index (κ1) is 14.3. The lowest BCUT2D eigenvalue weighted by atomic mass is 10.1. The summed E-state index contributed by atoms with van der Waals surface area (Å²) in [5.41, 5.74) is 0.423. The minimum atomic E-state index is -4.48. The number of aromatic nitrogens is 1. The lowest BCUT2D eigenvalue weighted by Crippen LogP contribution is -2.35. The maximum atomic E-state index is 12.8. The molecule has 0 saturated carbocycles. The van der Waals surface area contributed by atoms with Gasteiger partial charge in [0.1, 0.15) is 0 Å². The van der Waals surface area contributed by atoms with E-state index in [1.165, 1.54) is 0 Å². The zero-order chi connectivity index (χ0) is 15.0. The van der Waals surface area contributed by atoms with Gasteiger partial charge in [0.15, 0.2) is 5.01 Å². The van der Waals surface area contributed by atoms with Crippen LogP contribution in [0.15, 0.2) is 18.2 Å². The Balaban J connectivity index is 2.02. The fraction of sp³-hybridized carbons (Fsp3) is 0.429. The zero-order valence-electron chi connectivity index (χ0n) is 11.1. The molecule has 0 N–H and O–H groups in total. The number of fused-ring (bicyclic) bond motifs is 1. The molecule has 0 atom stereocenters. The minimum absolute atomic E-state index is 0.158. The van der Waals surface area contributed by atoms with Crippen LogP contribution in [-0.2, 0) is 6.18 Å². The number of benzene rings is 1. The van der Waals surface area contributed by atoms with Gasteiger partial charge in [-0.2, -0.15) is 13.2 Å². The van der Waals surface area contributed by atoms with Crippen LogP contribution in [0, 0.1) is 0 Å². The molecule has 7 heteroatoms. The van der Waals surface area contributed by atoms with Gasteiger partial charge in [-0.15, -0.1) is 11.3 Å². The number of thiazole rings is 1. The van der Waals surface area contributed by atoms with E-state index in [4.69, 9.17) is 0 Å². The normalized spacial score (nSPS) is 16.4. The van der Waals surface area contributed by atoms with Gasteiger partial charge in [0.25, 0.3) is 5.91 Å². The van der Waals surface area contributed by atoms with Crippen molar-refractivity contribution in [1.82, 2.24) is 9.88 Å². The second kappa shape index (κ2) is 5.29. The number of amides is 1. The average molecular weight is 314 g/mol. The zero-order valence-corrected chi connectivity index (χ0v) is 11.9. The van der Waals surface area contributed by atoms with E-state index >= 15 is 0 Å². The van der Waals surface area contributed by atoms with E-state index in [0.29, 0.717) is 29.1 Å². The van der Waals surface area contributed by atoms with E-state index in [2.05, 4.69) is 4.98 Å². The number of likely N-dealkylation sites (tertiary alicyclic amines) is 1. The fourth-order valence-electron chi connectivity index (χ4n) is 2.51. The predicted molar refractivity (Wildman–Crippen MR) is 74.4 cm³/mol. The number of hydrogen-bond donors (Lipinski definition) is 0. The molecule has 1 amide bonds. The van der Waals surface area contributed by atoms with Crippen molar-refractivity contribution in [3.05, 3.63) is 28.8 Å². The Bertz CT molecular complexity index is 674. The topological polar surface area (TPSA) is 33.2 Å². The highest BCUT2D eigenvalue weighted by Crippen LogP contribution is 2.36. The Kier molecular flexibility index (Phi) is 3.61. The van der Waals surface area contributed by atoms with Crippen LogP contribution in [-0.4, -0.2) is 28.9 Å². The molecule has 2 heterocycles. The summed E-state index contributed by atoms with van der Waals surface area (Å²) < 4.78 is 38.7. The third-order valence-corrected chi connectivity index (χ3v) is 4.60. The van der Waals surface area contributed by atoms with Gasteiger partial charge in [-0.05, 0) is 31.4 Å². The quantitative estimate of drug-likeness (QED) is 0.799. The molecule has 1 aromatic heterocycles. The van der Waals surface area contributed by atoms with Crippen LogP contribution in [0.2, 0.25) is 0 Å². The van der Waals surface area contributed by atoms with Crippen molar-refractivity contribution in [2.24, 2.45) is 0 Å². The molecule has 1 aliphatic heterocycles. The molecule has 1 saturated heterocycles. The monoisotopic (exact) mass is 314 g/mol. The summed E-state index contributed by atoms with van der Waals surface area (Å²) in [5, 5.41) is -0.906. The molecule has 3 rings (SSSR count). The lowest BCUT2D eigenvalue weighted by Gasteiger charge is -2.26. The van der Waals surface area contributed by atoms with Crippen LogP contribution >= 0.6 is 11.3 Å². The van der Waals surface area contributed by atoms with Gasteiger partial charge in [-0.25, -0.2) is 4.98 Å². The summed E-state index contributed by atoms with van der Waals surface area (Å²) in [5.74, 6) is -0.223. The molecule has 21 heavy (non-hydrogen) atoms. The minimum Gasteiger partial charge on any atom is -0.339 e. The Morgan fingerprint density at radius 3 is 2.57 bits per heavy atom. The summed E-state index contributed by atoms with van der Waals surface area (Å²) in [4.78, 5) is 17.8. The van der Waals surface area contributed by atoms with Crippen LogP contribution in [0.5, 0.6) is 0 Å². The van der Waals surface area contributed by atoms with E-state index < -0.39 is 11.2 Å². The SMILES string of the molecule is O=C(c1cccc2sc(C(F)(F)F)nc12)N1CCCCC1. The highest BCUT2D eigenvalue weighted by atomic mass is 32.1. The second-order valence-electron chi connectivity index (χ2n) is 5.02. The van der Waals surface area contributed by atoms with Crippen LogP contribution < -0.4 is 0 Å². The number of carbonyl (C=O) groups excluding carboxylic acids is 1. The first-order chi connectivity index (χ1) is 9.97. The summed E-state index contributed by atoms with van der Waals surface area (Å²) in [6, 6.07) is 4.73. The maximum absolute atomic E-state index is 12.8. The van der Waals surface area contributed by atoms with Crippen LogP contribution in [0.3, 0.4) is 0 Å². The highest BCUT2D eigenvalue weighted by Gasteiger charge is 2.35. The van der Waals surface area contributed by atoms with Gasteiger partial charge in [0, 0.05) is 13.1 Å². The number of carbonyl (C=O) groups is 1. The summed E-state index contributed by atoms with van der Waals surface area (Å²) >= 11 is 0.576. The van der Waals surface area contributed by atoms with Gasteiger partial charge in [-0.1, -0.05) is 6.07 Å². The molecule has 1 aliphatic rings. The molecule has 2 aromatic rings. The third kappa shape index (κ3) is 2.74. The van der Waals surface area contributed by atoms with Gasteiger partial charge in [-0.3, -0.25) is 4.79 Å². The van der Waals surface area contributed by atoms with E-state index in [0.717, 1.165) is 19.3 Å². The fourth-order valence-corrected chi connectivity index (χ4v) is 3.37. The number of halogens is 3. The standard InChI is InChI=1S/C14H13F3N2OS/c15-14(16,17)13-18-11-9(5-4-6-10(11)21-13)12(20)19-7-2-1-3-8-19/h4-6H,1-3,7-8H2. The molecule has 0 aliphatic carbocycles. The second-order valence-corrected chi connectivity index (χ2v) is 6.05. The van der Waals surface area contributed by atoms with Crippen molar-refractivity contribution in [2.75, 3.05) is 13.1 Å². The average Bonchev–Trinajstić information content (AvgIpc) is 2.91. The van der Waals surface area contributed by atoms with Gasteiger partial charge in [0.2, 0.25) is 0 Å². The first-order valence-electron chi connectivity index (χ1n) is 6.73. The Labute approximate surface area is 123 Å². The van der Waals surface area contributed by atoms with Gasteiger partial charge >= 0.3 is 6.18 Å². The van der Waals surface area contributed by atoms with Gasteiger partial charge < -0.3 is 4.90 Å². The van der Waals surface area contributed by atoms with Crippen molar-refractivity contribution in [2.45, 2.75) is 25.4 Å². The van der Waals surface area contributed by atoms with Gasteiger partial charge in [0.05, 0.1) is 15.8 Å². The number of piperidine rings is 1. The number of nitrogens with zero attached hydrogens (tertiary/aromatic N) is 2. The highest BCUT2D eigenvalue weighted by molar-refractivity contribution is 7.18. The lowest BCUT2D eigenvalue weighted by molar-refractivity contribution is -0.137. The molecular formula is C14H13F3N2OS. The summed E-state index contributed by atoms with van der Waals surface area (Å²) in [6.07, 6.45) is -1.52. The molecule has 1 aromatic carbocycles. The first-order valence-corrected chi connectivity index (χ1v) is 7.54.